The minimum Gasteiger partial charge on any atom is -0.375 e. The summed E-state index contributed by atoms with van der Waals surface area (Å²) < 4.78 is 29.6. The standard InChI is InChI=1S/C23H18N4O3.C7H8O3S/c1-23(30)18-8-4-5-9-20(18)27(22(23)29)15-10-14(12-24-13-15)11-19-16-6-2-3-7-17(16)21(28)26-25-19;1-6-2-4-7(5-3-6)11(8,9)10/h2-10,12-13,30H,11H2,1H3,(H,26,28);2-5H,1H3,(H,8,9,10)/t23-;/m0./s1. The molecule has 208 valence electrons. The molecule has 5 aromatic rings. The molecule has 0 saturated heterocycles. The van der Waals surface area contributed by atoms with Crippen molar-refractivity contribution < 1.29 is 22.9 Å². The third kappa shape index (κ3) is 5.50. The van der Waals surface area contributed by atoms with Gasteiger partial charge >= 0.3 is 0 Å². The molecule has 0 radical (unpaired) electrons. The molecule has 3 aromatic carbocycles. The molecule has 10 nitrogen and oxygen atoms in total. The number of nitrogens with zero attached hydrogens (tertiary/aromatic N) is 3. The Morgan fingerprint density at radius 1 is 0.927 bits per heavy atom. The number of aromatic nitrogens is 3. The number of aryl methyl sites for hydroxylation is 1. The summed E-state index contributed by atoms with van der Waals surface area (Å²) in [6.45, 7) is 3.34. The van der Waals surface area contributed by atoms with Gasteiger partial charge in [0.15, 0.2) is 5.60 Å². The maximum absolute atomic E-state index is 13.0. The summed E-state index contributed by atoms with van der Waals surface area (Å²) >= 11 is 0. The molecule has 11 heteroatoms. The van der Waals surface area contributed by atoms with Crippen molar-refractivity contribution >= 4 is 38.2 Å². The highest BCUT2D eigenvalue weighted by Gasteiger charge is 2.46. The highest BCUT2D eigenvalue weighted by molar-refractivity contribution is 7.85. The summed E-state index contributed by atoms with van der Waals surface area (Å²) in [6.07, 6.45) is 3.73. The van der Waals surface area contributed by atoms with E-state index in [9.17, 15) is 23.1 Å². The number of hydrogen-bond donors (Lipinski definition) is 3. The fourth-order valence-corrected chi connectivity index (χ4v) is 5.16. The van der Waals surface area contributed by atoms with Crippen LogP contribution in [0.2, 0.25) is 0 Å². The van der Waals surface area contributed by atoms with Crippen molar-refractivity contribution in [1.29, 1.82) is 0 Å². The number of pyridine rings is 1. The molecule has 1 atom stereocenters. The number of fused-ring (bicyclic) bond motifs is 2. The molecule has 1 aliphatic heterocycles. The van der Waals surface area contributed by atoms with Crippen LogP contribution >= 0.6 is 0 Å². The molecule has 3 N–H and O–H groups in total. The fraction of sp³-hybridized carbons (Fsp3) is 0.133. The van der Waals surface area contributed by atoms with Gasteiger partial charge in [-0.25, -0.2) is 5.10 Å². The first-order valence-corrected chi connectivity index (χ1v) is 14.0. The van der Waals surface area contributed by atoms with Gasteiger partial charge in [0.05, 0.1) is 33.5 Å². The van der Waals surface area contributed by atoms with Crippen molar-refractivity contribution in [2.75, 3.05) is 4.90 Å². The Morgan fingerprint density at radius 3 is 2.29 bits per heavy atom. The van der Waals surface area contributed by atoms with Crippen molar-refractivity contribution in [1.82, 2.24) is 15.2 Å². The number of amides is 1. The van der Waals surface area contributed by atoms with E-state index < -0.39 is 21.6 Å². The lowest BCUT2D eigenvalue weighted by Crippen LogP contribution is -2.35. The minimum absolute atomic E-state index is 0.0666. The smallest absolute Gasteiger partial charge is 0.294 e. The van der Waals surface area contributed by atoms with Crippen LogP contribution < -0.4 is 10.5 Å². The molecule has 0 bridgehead atoms. The molecule has 3 heterocycles. The van der Waals surface area contributed by atoms with Gasteiger partial charge in [-0.2, -0.15) is 13.5 Å². The third-order valence-corrected chi connectivity index (χ3v) is 7.66. The van der Waals surface area contributed by atoms with Gasteiger partial charge in [-0.05, 0) is 49.7 Å². The lowest BCUT2D eigenvalue weighted by molar-refractivity contribution is -0.133. The summed E-state index contributed by atoms with van der Waals surface area (Å²) in [7, 11) is -4.02. The molecule has 0 spiro atoms. The number of benzene rings is 3. The van der Waals surface area contributed by atoms with E-state index in [0.717, 1.165) is 16.5 Å². The maximum Gasteiger partial charge on any atom is 0.294 e. The van der Waals surface area contributed by atoms with Gasteiger partial charge in [0, 0.05) is 23.6 Å². The second kappa shape index (κ2) is 10.7. The summed E-state index contributed by atoms with van der Waals surface area (Å²) in [5, 5.41) is 18.8. The van der Waals surface area contributed by atoms with Crippen molar-refractivity contribution in [3.05, 3.63) is 124 Å². The molecule has 1 amide bonds. The number of carbonyl (C=O) groups is 1. The van der Waals surface area contributed by atoms with Crippen LogP contribution in [-0.2, 0) is 26.9 Å². The SMILES string of the molecule is C[C@@]1(O)C(=O)N(c2cncc(Cc3n[nH]c(=O)c4ccccc34)c2)c2ccccc21.Cc1ccc(S(=O)(=O)O)cc1. The van der Waals surface area contributed by atoms with E-state index >= 15 is 0 Å². The number of carbonyl (C=O) groups excluding carboxylic acids is 1. The lowest BCUT2D eigenvalue weighted by Gasteiger charge is -2.20. The third-order valence-electron chi connectivity index (χ3n) is 6.79. The van der Waals surface area contributed by atoms with Crippen LogP contribution in [0.1, 0.15) is 29.3 Å². The van der Waals surface area contributed by atoms with E-state index in [-0.39, 0.29) is 10.5 Å². The van der Waals surface area contributed by atoms with E-state index in [1.807, 2.05) is 37.3 Å². The highest BCUT2D eigenvalue weighted by Crippen LogP contribution is 2.43. The zero-order chi connectivity index (χ0) is 29.4. The topological polar surface area (TPSA) is 154 Å². The molecule has 0 saturated carbocycles. The summed E-state index contributed by atoms with van der Waals surface area (Å²) in [4.78, 5) is 30.7. The Bertz CT molecular complexity index is 1940. The Kier molecular flexibility index (Phi) is 7.26. The van der Waals surface area contributed by atoms with Gasteiger partial charge in [-0.1, -0.05) is 54.1 Å². The van der Waals surface area contributed by atoms with Crippen LogP contribution in [0.5, 0.6) is 0 Å². The van der Waals surface area contributed by atoms with Crippen molar-refractivity contribution in [2.45, 2.75) is 30.8 Å². The Balaban J connectivity index is 0.000000259. The largest absolute Gasteiger partial charge is 0.375 e. The first-order valence-electron chi connectivity index (χ1n) is 12.6. The summed E-state index contributed by atoms with van der Waals surface area (Å²) in [5.74, 6) is -0.421. The number of H-pyrrole nitrogens is 1. The summed E-state index contributed by atoms with van der Waals surface area (Å²) in [6, 6.07) is 22.3. The molecule has 0 aliphatic carbocycles. The lowest BCUT2D eigenvalue weighted by atomic mass is 9.98. The number of nitrogens with one attached hydrogen (secondary N) is 1. The second-order valence-corrected chi connectivity index (χ2v) is 11.2. The average molecular weight is 571 g/mol. The summed E-state index contributed by atoms with van der Waals surface area (Å²) in [5.41, 5.74) is 2.44. The van der Waals surface area contributed by atoms with Gasteiger partial charge in [-0.3, -0.25) is 24.0 Å². The maximum atomic E-state index is 13.0. The van der Waals surface area contributed by atoms with E-state index in [0.29, 0.717) is 34.4 Å². The van der Waals surface area contributed by atoms with Gasteiger partial charge in [0.1, 0.15) is 0 Å². The van der Waals surface area contributed by atoms with Crippen LogP contribution in [0.4, 0.5) is 11.4 Å². The molecule has 0 unspecified atom stereocenters. The number of hydrogen-bond acceptors (Lipinski definition) is 7. The number of anilines is 2. The number of rotatable bonds is 4. The number of aromatic amines is 1. The van der Waals surface area contributed by atoms with Crippen LogP contribution in [0.25, 0.3) is 10.8 Å². The van der Waals surface area contributed by atoms with Crippen LogP contribution in [0.15, 0.2) is 101 Å². The van der Waals surface area contributed by atoms with Crippen molar-refractivity contribution in [3.63, 3.8) is 0 Å². The van der Waals surface area contributed by atoms with Gasteiger partial charge < -0.3 is 5.11 Å². The van der Waals surface area contributed by atoms with Gasteiger partial charge in [0.25, 0.3) is 21.6 Å². The van der Waals surface area contributed by atoms with Crippen LogP contribution in [-0.4, -0.2) is 39.2 Å². The molecular weight excluding hydrogens is 544 g/mol. The van der Waals surface area contributed by atoms with E-state index in [2.05, 4.69) is 15.2 Å². The zero-order valence-corrected chi connectivity index (χ0v) is 23.0. The fourth-order valence-electron chi connectivity index (χ4n) is 4.68. The average Bonchev–Trinajstić information content (AvgIpc) is 3.15. The Morgan fingerprint density at radius 2 is 1.59 bits per heavy atom. The quantitative estimate of drug-likeness (QED) is 0.274. The monoisotopic (exact) mass is 570 g/mol. The number of aliphatic hydroxyl groups is 1. The molecule has 6 rings (SSSR count). The van der Waals surface area contributed by atoms with Crippen molar-refractivity contribution in [3.8, 4) is 0 Å². The first-order chi connectivity index (χ1) is 19.5. The molecule has 0 fully saturated rings. The van der Waals surface area contributed by atoms with Gasteiger partial charge in [-0.15, -0.1) is 0 Å². The van der Waals surface area contributed by atoms with Crippen LogP contribution in [0, 0.1) is 6.92 Å². The minimum atomic E-state index is -4.02. The van der Waals surface area contributed by atoms with E-state index in [1.165, 1.54) is 24.0 Å². The highest BCUT2D eigenvalue weighted by atomic mass is 32.2. The molecular formula is C30H26N4O6S. The second-order valence-electron chi connectivity index (χ2n) is 9.79. The Labute approximate surface area is 235 Å². The zero-order valence-electron chi connectivity index (χ0n) is 22.1. The predicted molar refractivity (Wildman–Crippen MR) is 154 cm³/mol. The molecule has 2 aromatic heterocycles. The molecule has 1 aliphatic rings. The van der Waals surface area contributed by atoms with Crippen LogP contribution in [0.3, 0.4) is 0 Å². The van der Waals surface area contributed by atoms with E-state index in [1.54, 1.807) is 48.8 Å². The Hall–Kier alpha value is -4.71. The number of para-hydroxylation sites is 1. The molecule has 41 heavy (non-hydrogen) atoms. The predicted octanol–water partition coefficient (Wildman–Crippen LogP) is 4.04. The van der Waals surface area contributed by atoms with Gasteiger partial charge in [0.2, 0.25) is 0 Å². The normalized spacial score (nSPS) is 16.3. The first kappa shape index (κ1) is 27.8. The van der Waals surface area contributed by atoms with E-state index in [4.69, 9.17) is 4.55 Å². The van der Waals surface area contributed by atoms with Crippen molar-refractivity contribution in [2.24, 2.45) is 0 Å².